The highest BCUT2D eigenvalue weighted by Crippen LogP contribution is 2.19. The van der Waals surface area contributed by atoms with Gasteiger partial charge < -0.3 is 14.7 Å². The van der Waals surface area contributed by atoms with Gasteiger partial charge in [0.1, 0.15) is 0 Å². The van der Waals surface area contributed by atoms with E-state index in [2.05, 4.69) is 20.1 Å². The van der Waals surface area contributed by atoms with Gasteiger partial charge in [-0.15, -0.1) is 5.10 Å². The molecule has 110 valence electrons. The van der Waals surface area contributed by atoms with Gasteiger partial charge >= 0.3 is 5.97 Å². The summed E-state index contributed by atoms with van der Waals surface area (Å²) in [7, 11) is 0. The molecule has 0 aliphatic carbocycles. The van der Waals surface area contributed by atoms with E-state index in [1.54, 1.807) is 6.07 Å². The Morgan fingerprint density at radius 1 is 1.38 bits per heavy atom. The van der Waals surface area contributed by atoms with E-state index in [-0.39, 0.29) is 6.42 Å². The number of rotatable bonds is 4. The van der Waals surface area contributed by atoms with Gasteiger partial charge in [-0.25, -0.2) is 0 Å². The van der Waals surface area contributed by atoms with Crippen LogP contribution in [-0.2, 0) is 16.0 Å². The molecule has 1 aromatic heterocycles. The van der Waals surface area contributed by atoms with Crippen molar-refractivity contribution in [2.24, 2.45) is 0 Å². The zero-order valence-electron chi connectivity index (χ0n) is 11.5. The van der Waals surface area contributed by atoms with E-state index in [0.29, 0.717) is 25.0 Å². The first-order valence-corrected chi connectivity index (χ1v) is 6.78. The molecule has 1 saturated heterocycles. The number of aromatic nitrogens is 3. The number of hydrogen-bond donors (Lipinski definition) is 2. The minimum atomic E-state index is -0.848. The van der Waals surface area contributed by atoms with Crippen LogP contribution in [0.4, 0.5) is 5.95 Å². The molecule has 2 N–H and O–H groups in total. The summed E-state index contributed by atoms with van der Waals surface area (Å²) in [5, 5.41) is 16.0. The summed E-state index contributed by atoms with van der Waals surface area (Å²) in [5.41, 5.74) is 1.57. The van der Waals surface area contributed by atoms with Crippen molar-refractivity contribution < 1.29 is 14.6 Å². The fourth-order valence-electron chi connectivity index (χ4n) is 2.29. The molecule has 2 aromatic rings. The lowest BCUT2D eigenvalue weighted by Crippen LogP contribution is -2.36. The molecule has 1 aliphatic heterocycles. The number of morpholine rings is 1. The first-order valence-electron chi connectivity index (χ1n) is 6.78. The SMILES string of the molecule is O=C(O)Cc1cccc(-c2nc(N3CCOCC3)n[nH]2)c1. The molecule has 3 rings (SSSR count). The fourth-order valence-corrected chi connectivity index (χ4v) is 2.29. The molecule has 2 heterocycles. The highest BCUT2D eigenvalue weighted by Gasteiger charge is 2.16. The highest BCUT2D eigenvalue weighted by molar-refractivity contribution is 5.71. The standard InChI is InChI=1S/C14H16N4O3/c19-12(20)9-10-2-1-3-11(8-10)13-15-14(17-16-13)18-4-6-21-7-5-18/h1-3,8H,4-7,9H2,(H,19,20)(H,15,16,17). The molecule has 0 saturated carbocycles. The largest absolute Gasteiger partial charge is 0.481 e. The fraction of sp³-hybridized carbons (Fsp3) is 0.357. The zero-order chi connectivity index (χ0) is 14.7. The summed E-state index contributed by atoms with van der Waals surface area (Å²) in [4.78, 5) is 17.3. The van der Waals surface area contributed by atoms with Crippen LogP contribution in [0, 0.1) is 0 Å². The van der Waals surface area contributed by atoms with Crippen LogP contribution in [0.3, 0.4) is 0 Å². The van der Waals surface area contributed by atoms with E-state index >= 15 is 0 Å². The predicted octanol–water partition coefficient (Wildman–Crippen LogP) is 0.935. The Morgan fingerprint density at radius 3 is 2.95 bits per heavy atom. The van der Waals surface area contributed by atoms with E-state index in [9.17, 15) is 4.79 Å². The van der Waals surface area contributed by atoms with Crippen LogP contribution in [0.1, 0.15) is 5.56 Å². The van der Waals surface area contributed by atoms with Crippen molar-refractivity contribution in [3.05, 3.63) is 29.8 Å². The molecule has 21 heavy (non-hydrogen) atoms. The summed E-state index contributed by atoms with van der Waals surface area (Å²) in [6.45, 7) is 2.91. The second kappa shape index (κ2) is 5.92. The molecular formula is C14H16N4O3. The summed E-state index contributed by atoms with van der Waals surface area (Å²) < 4.78 is 5.30. The molecule has 7 heteroatoms. The van der Waals surface area contributed by atoms with Crippen molar-refractivity contribution in [2.75, 3.05) is 31.2 Å². The molecule has 1 aromatic carbocycles. The van der Waals surface area contributed by atoms with Crippen LogP contribution in [0.5, 0.6) is 0 Å². The van der Waals surface area contributed by atoms with E-state index in [1.165, 1.54) is 0 Å². The lowest BCUT2D eigenvalue weighted by Gasteiger charge is -2.25. The lowest BCUT2D eigenvalue weighted by atomic mass is 10.1. The van der Waals surface area contributed by atoms with Crippen molar-refractivity contribution in [1.29, 1.82) is 0 Å². The highest BCUT2D eigenvalue weighted by atomic mass is 16.5. The number of anilines is 1. The second-order valence-electron chi connectivity index (χ2n) is 4.85. The van der Waals surface area contributed by atoms with Crippen molar-refractivity contribution >= 4 is 11.9 Å². The predicted molar refractivity (Wildman–Crippen MR) is 76.2 cm³/mol. The third kappa shape index (κ3) is 3.19. The summed E-state index contributed by atoms with van der Waals surface area (Å²) in [6, 6.07) is 7.31. The van der Waals surface area contributed by atoms with Crippen molar-refractivity contribution in [2.45, 2.75) is 6.42 Å². The summed E-state index contributed by atoms with van der Waals surface area (Å²) in [6.07, 6.45) is -0.00169. The van der Waals surface area contributed by atoms with Gasteiger partial charge in [-0.1, -0.05) is 18.2 Å². The molecule has 0 bridgehead atoms. The Hall–Kier alpha value is -2.41. The van der Waals surface area contributed by atoms with Crippen LogP contribution < -0.4 is 4.90 Å². The minimum Gasteiger partial charge on any atom is -0.481 e. The Morgan fingerprint density at radius 2 is 2.19 bits per heavy atom. The maximum atomic E-state index is 10.8. The van der Waals surface area contributed by atoms with Gasteiger partial charge in [0.15, 0.2) is 5.82 Å². The van der Waals surface area contributed by atoms with Crippen molar-refractivity contribution in [1.82, 2.24) is 15.2 Å². The Balaban J connectivity index is 1.80. The monoisotopic (exact) mass is 288 g/mol. The van der Waals surface area contributed by atoms with Gasteiger partial charge in [0.2, 0.25) is 5.95 Å². The lowest BCUT2D eigenvalue weighted by molar-refractivity contribution is -0.136. The van der Waals surface area contributed by atoms with E-state index < -0.39 is 5.97 Å². The van der Waals surface area contributed by atoms with Crippen LogP contribution in [0.25, 0.3) is 11.4 Å². The molecule has 0 unspecified atom stereocenters. The molecular weight excluding hydrogens is 272 g/mol. The van der Waals surface area contributed by atoms with E-state index in [4.69, 9.17) is 9.84 Å². The molecule has 1 aliphatic rings. The number of carboxylic acid groups (broad SMARTS) is 1. The summed E-state index contributed by atoms with van der Waals surface area (Å²) >= 11 is 0. The van der Waals surface area contributed by atoms with Crippen molar-refractivity contribution in [3.63, 3.8) is 0 Å². The van der Waals surface area contributed by atoms with Gasteiger partial charge in [-0.2, -0.15) is 4.98 Å². The van der Waals surface area contributed by atoms with Crippen LogP contribution in [-0.4, -0.2) is 52.6 Å². The smallest absolute Gasteiger partial charge is 0.307 e. The minimum absolute atomic E-state index is 0.00169. The van der Waals surface area contributed by atoms with Crippen LogP contribution >= 0.6 is 0 Å². The van der Waals surface area contributed by atoms with Gasteiger partial charge in [0, 0.05) is 18.7 Å². The number of carboxylic acids is 1. The van der Waals surface area contributed by atoms with Gasteiger partial charge in [0.25, 0.3) is 0 Å². The number of nitrogens with one attached hydrogen (secondary N) is 1. The number of hydrogen-bond acceptors (Lipinski definition) is 5. The van der Waals surface area contributed by atoms with Gasteiger partial charge in [0.05, 0.1) is 19.6 Å². The average molecular weight is 288 g/mol. The third-order valence-electron chi connectivity index (χ3n) is 3.32. The average Bonchev–Trinajstić information content (AvgIpc) is 2.98. The number of carbonyl (C=O) groups is 1. The Kier molecular flexibility index (Phi) is 3.83. The van der Waals surface area contributed by atoms with E-state index in [0.717, 1.165) is 24.2 Å². The van der Waals surface area contributed by atoms with Crippen molar-refractivity contribution in [3.8, 4) is 11.4 Å². The molecule has 7 nitrogen and oxygen atoms in total. The molecule has 0 spiro atoms. The van der Waals surface area contributed by atoms with E-state index in [1.807, 2.05) is 18.2 Å². The number of aliphatic carboxylic acids is 1. The number of nitrogens with zero attached hydrogens (tertiary/aromatic N) is 3. The zero-order valence-corrected chi connectivity index (χ0v) is 11.5. The normalized spacial score (nSPS) is 15.1. The maximum absolute atomic E-state index is 10.8. The van der Waals surface area contributed by atoms with Gasteiger partial charge in [-0.3, -0.25) is 9.89 Å². The Labute approximate surface area is 121 Å². The number of ether oxygens (including phenoxy) is 1. The first kappa shape index (κ1) is 13.6. The van der Waals surface area contributed by atoms with Gasteiger partial charge in [-0.05, 0) is 11.6 Å². The number of aromatic amines is 1. The quantitative estimate of drug-likeness (QED) is 0.870. The molecule has 0 atom stereocenters. The Bertz CT molecular complexity index is 635. The number of benzene rings is 1. The molecule has 1 fully saturated rings. The van der Waals surface area contributed by atoms with Crippen LogP contribution in [0.15, 0.2) is 24.3 Å². The first-order chi connectivity index (χ1) is 10.2. The maximum Gasteiger partial charge on any atom is 0.307 e. The summed E-state index contributed by atoms with van der Waals surface area (Å²) in [5.74, 6) is 0.444. The topological polar surface area (TPSA) is 91.3 Å². The molecule has 0 amide bonds. The third-order valence-corrected chi connectivity index (χ3v) is 3.32. The molecule has 0 radical (unpaired) electrons. The van der Waals surface area contributed by atoms with Crippen LogP contribution in [0.2, 0.25) is 0 Å². The second-order valence-corrected chi connectivity index (χ2v) is 4.85. The number of H-pyrrole nitrogens is 1.